The van der Waals surface area contributed by atoms with Crippen molar-refractivity contribution in [2.24, 2.45) is 0 Å². The molecule has 1 aromatic heterocycles. The summed E-state index contributed by atoms with van der Waals surface area (Å²) in [7, 11) is 0. The highest BCUT2D eigenvalue weighted by Crippen LogP contribution is 2.36. The molecule has 1 aromatic carbocycles. The van der Waals surface area contributed by atoms with Crippen LogP contribution in [0.5, 0.6) is 0 Å². The topological polar surface area (TPSA) is 12.0 Å². The molecule has 1 atom stereocenters. The van der Waals surface area contributed by atoms with Crippen LogP contribution in [0.1, 0.15) is 33.8 Å². The standard InChI is InChI=1S/C15H17Br2NS/c1-8-5-13(16)15(14(17)6-8)18-10(3)12-7-9(2)19-11(12)4/h5-7,10,18H,1-4H3. The Morgan fingerprint density at radius 3 is 2.11 bits per heavy atom. The summed E-state index contributed by atoms with van der Waals surface area (Å²) in [5.41, 5.74) is 3.72. The number of nitrogens with one attached hydrogen (secondary N) is 1. The van der Waals surface area contributed by atoms with Crippen LogP contribution >= 0.6 is 43.2 Å². The van der Waals surface area contributed by atoms with Crippen molar-refractivity contribution in [1.82, 2.24) is 0 Å². The third-order valence-corrected chi connectivity index (χ3v) is 5.33. The Morgan fingerprint density at radius 2 is 1.63 bits per heavy atom. The molecule has 0 saturated carbocycles. The fourth-order valence-corrected chi connectivity index (χ4v) is 4.88. The molecular weight excluding hydrogens is 386 g/mol. The fourth-order valence-electron chi connectivity index (χ4n) is 2.21. The Hall–Kier alpha value is -0.320. The molecule has 0 bridgehead atoms. The maximum atomic E-state index is 3.63. The summed E-state index contributed by atoms with van der Waals surface area (Å²) in [4.78, 5) is 2.75. The Labute approximate surface area is 135 Å². The zero-order valence-electron chi connectivity index (χ0n) is 11.5. The molecule has 0 spiro atoms. The Kier molecular flexibility index (Phi) is 4.75. The highest BCUT2D eigenvalue weighted by Gasteiger charge is 2.14. The van der Waals surface area contributed by atoms with E-state index < -0.39 is 0 Å². The molecule has 2 aromatic rings. The maximum absolute atomic E-state index is 3.63. The molecule has 0 aliphatic heterocycles. The molecule has 0 radical (unpaired) electrons. The van der Waals surface area contributed by atoms with Gasteiger partial charge in [-0.25, -0.2) is 0 Å². The molecule has 4 heteroatoms. The van der Waals surface area contributed by atoms with Gasteiger partial charge in [0.05, 0.1) is 5.69 Å². The van der Waals surface area contributed by atoms with Crippen molar-refractivity contribution in [2.45, 2.75) is 33.7 Å². The number of aryl methyl sites for hydroxylation is 3. The maximum Gasteiger partial charge on any atom is 0.0633 e. The van der Waals surface area contributed by atoms with Crippen LogP contribution in [-0.4, -0.2) is 0 Å². The Morgan fingerprint density at radius 1 is 1.05 bits per heavy atom. The van der Waals surface area contributed by atoms with Gasteiger partial charge in [-0.3, -0.25) is 0 Å². The highest BCUT2D eigenvalue weighted by molar-refractivity contribution is 9.11. The predicted molar refractivity (Wildman–Crippen MR) is 92.4 cm³/mol. The molecule has 1 heterocycles. The first-order valence-electron chi connectivity index (χ1n) is 6.17. The van der Waals surface area contributed by atoms with Crippen molar-refractivity contribution in [3.05, 3.63) is 48.0 Å². The van der Waals surface area contributed by atoms with Gasteiger partial charge in [0.25, 0.3) is 0 Å². The van der Waals surface area contributed by atoms with Crippen molar-refractivity contribution >= 4 is 48.9 Å². The zero-order chi connectivity index (χ0) is 14.2. The minimum absolute atomic E-state index is 0.292. The molecule has 0 fully saturated rings. The average molecular weight is 403 g/mol. The van der Waals surface area contributed by atoms with Gasteiger partial charge in [0.1, 0.15) is 0 Å². The van der Waals surface area contributed by atoms with Crippen LogP contribution in [0, 0.1) is 20.8 Å². The van der Waals surface area contributed by atoms with E-state index in [4.69, 9.17) is 0 Å². The summed E-state index contributed by atoms with van der Waals surface area (Å²) in [6.45, 7) is 8.64. The molecule has 19 heavy (non-hydrogen) atoms. The van der Waals surface area contributed by atoms with Crippen LogP contribution in [0.4, 0.5) is 5.69 Å². The van der Waals surface area contributed by atoms with E-state index in [1.54, 1.807) is 0 Å². The lowest BCUT2D eigenvalue weighted by Gasteiger charge is -2.18. The molecule has 0 amide bonds. The van der Waals surface area contributed by atoms with E-state index in [0.717, 1.165) is 14.6 Å². The summed E-state index contributed by atoms with van der Waals surface area (Å²) in [6.07, 6.45) is 0. The van der Waals surface area contributed by atoms with E-state index in [2.05, 4.69) is 83.1 Å². The Bertz CT molecular complexity index is 581. The van der Waals surface area contributed by atoms with Crippen molar-refractivity contribution in [2.75, 3.05) is 5.32 Å². The largest absolute Gasteiger partial charge is 0.377 e. The van der Waals surface area contributed by atoms with Gasteiger partial charge >= 0.3 is 0 Å². The molecule has 1 nitrogen and oxygen atoms in total. The van der Waals surface area contributed by atoms with Crippen LogP contribution in [0.3, 0.4) is 0 Å². The lowest BCUT2D eigenvalue weighted by Crippen LogP contribution is -2.08. The normalized spacial score (nSPS) is 12.5. The molecular formula is C15H17Br2NS. The van der Waals surface area contributed by atoms with Crippen LogP contribution in [0.15, 0.2) is 27.1 Å². The SMILES string of the molecule is Cc1cc(Br)c(NC(C)c2cc(C)sc2C)c(Br)c1. The number of hydrogen-bond donors (Lipinski definition) is 1. The Balaban J connectivity index is 2.29. The van der Waals surface area contributed by atoms with E-state index in [0.29, 0.717) is 6.04 Å². The smallest absolute Gasteiger partial charge is 0.0633 e. The summed E-state index contributed by atoms with van der Waals surface area (Å²) >= 11 is 9.12. The van der Waals surface area contributed by atoms with E-state index in [1.807, 2.05) is 11.3 Å². The second kappa shape index (κ2) is 5.98. The number of anilines is 1. The molecule has 1 unspecified atom stereocenters. The lowest BCUT2D eigenvalue weighted by atomic mass is 10.1. The van der Waals surface area contributed by atoms with Crippen LogP contribution in [-0.2, 0) is 0 Å². The minimum Gasteiger partial charge on any atom is -0.377 e. The average Bonchev–Trinajstić information content (AvgIpc) is 2.62. The van der Waals surface area contributed by atoms with Crippen LogP contribution in [0.2, 0.25) is 0 Å². The summed E-state index contributed by atoms with van der Waals surface area (Å²) in [5.74, 6) is 0. The summed E-state index contributed by atoms with van der Waals surface area (Å²) in [5, 5.41) is 3.59. The molecule has 0 aliphatic carbocycles. The predicted octanol–water partition coefficient (Wildman–Crippen LogP) is 6.37. The van der Waals surface area contributed by atoms with Gasteiger partial charge in [-0.15, -0.1) is 11.3 Å². The monoisotopic (exact) mass is 401 g/mol. The second-order valence-corrected chi connectivity index (χ2v) is 8.01. The van der Waals surface area contributed by atoms with Crippen molar-refractivity contribution in [3.63, 3.8) is 0 Å². The number of rotatable bonds is 3. The van der Waals surface area contributed by atoms with Crippen LogP contribution < -0.4 is 5.32 Å². The highest BCUT2D eigenvalue weighted by atomic mass is 79.9. The van der Waals surface area contributed by atoms with Crippen molar-refractivity contribution in [3.8, 4) is 0 Å². The van der Waals surface area contributed by atoms with Gasteiger partial charge < -0.3 is 5.32 Å². The first-order valence-corrected chi connectivity index (χ1v) is 8.58. The quantitative estimate of drug-likeness (QED) is 0.628. The zero-order valence-corrected chi connectivity index (χ0v) is 15.5. The van der Waals surface area contributed by atoms with E-state index in [9.17, 15) is 0 Å². The summed E-state index contributed by atoms with van der Waals surface area (Å²) in [6, 6.07) is 6.82. The number of thiophene rings is 1. The van der Waals surface area contributed by atoms with Gasteiger partial charge in [-0.2, -0.15) is 0 Å². The number of benzene rings is 1. The lowest BCUT2D eigenvalue weighted by molar-refractivity contribution is 0.879. The second-order valence-electron chi connectivity index (χ2n) is 4.84. The van der Waals surface area contributed by atoms with Gasteiger partial charge in [0, 0.05) is 24.7 Å². The van der Waals surface area contributed by atoms with Crippen molar-refractivity contribution < 1.29 is 0 Å². The molecule has 1 N–H and O–H groups in total. The van der Waals surface area contributed by atoms with Gasteiger partial charge in [0.2, 0.25) is 0 Å². The summed E-state index contributed by atoms with van der Waals surface area (Å²) < 4.78 is 2.19. The third-order valence-electron chi connectivity index (χ3n) is 3.09. The number of halogens is 2. The van der Waals surface area contributed by atoms with E-state index >= 15 is 0 Å². The minimum atomic E-state index is 0.292. The third kappa shape index (κ3) is 3.41. The van der Waals surface area contributed by atoms with Gasteiger partial charge in [0.15, 0.2) is 0 Å². The molecule has 0 saturated heterocycles. The molecule has 0 aliphatic rings. The first kappa shape index (κ1) is 15.1. The molecule has 2 rings (SSSR count). The fraction of sp³-hybridized carbons (Fsp3) is 0.333. The van der Waals surface area contributed by atoms with Gasteiger partial charge in [-0.05, 0) is 88.9 Å². The van der Waals surface area contributed by atoms with Crippen LogP contribution in [0.25, 0.3) is 0 Å². The van der Waals surface area contributed by atoms with Crippen molar-refractivity contribution in [1.29, 1.82) is 0 Å². The number of hydrogen-bond acceptors (Lipinski definition) is 2. The van der Waals surface area contributed by atoms with E-state index in [1.165, 1.54) is 20.9 Å². The first-order chi connectivity index (χ1) is 8.88. The van der Waals surface area contributed by atoms with E-state index in [-0.39, 0.29) is 0 Å². The van der Waals surface area contributed by atoms with Gasteiger partial charge in [-0.1, -0.05) is 0 Å². The molecule has 102 valence electrons.